The average Bonchev–Trinajstić information content (AvgIpc) is 3.30. The van der Waals surface area contributed by atoms with Gasteiger partial charge in [-0.2, -0.15) is 4.72 Å². The number of ether oxygens (including phenoxy) is 1. The Morgan fingerprint density at radius 1 is 1.06 bits per heavy atom. The van der Waals surface area contributed by atoms with Crippen molar-refractivity contribution in [2.24, 2.45) is 0 Å². The number of carbonyl (C=O) groups excluding carboxylic acids is 3. The molecule has 3 aromatic rings. The van der Waals surface area contributed by atoms with Gasteiger partial charge in [0, 0.05) is 4.70 Å². The largest absolute Gasteiger partial charge is 0.459 e. The molecule has 0 fully saturated rings. The maximum absolute atomic E-state index is 13.0. The second-order valence-electron chi connectivity index (χ2n) is 9.02. The fraction of sp³-hybridized carbons (Fsp3) is 0.292. The van der Waals surface area contributed by atoms with E-state index in [4.69, 9.17) is 4.74 Å². The van der Waals surface area contributed by atoms with Crippen LogP contribution in [-0.2, 0) is 25.3 Å². The van der Waals surface area contributed by atoms with Crippen molar-refractivity contribution in [3.63, 3.8) is 0 Å². The molecule has 2 amide bonds. The lowest BCUT2D eigenvalue weighted by Crippen LogP contribution is -2.51. The van der Waals surface area contributed by atoms with Gasteiger partial charge in [0.25, 0.3) is 11.8 Å². The number of rotatable bonds is 7. The molecule has 178 valence electrons. The molecule has 1 N–H and O–H groups in total. The molecule has 1 aliphatic heterocycles. The maximum atomic E-state index is 13.0. The maximum Gasteiger partial charge on any atom is 0.326 e. The van der Waals surface area contributed by atoms with Gasteiger partial charge in [0.2, 0.25) is 10.0 Å². The highest BCUT2D eigenvalue weighted by molar-refractivity contribution is 7.88. The summed E-state index contributed by atoms with van der Waals surface area (Å²) in [4.78, 5) is 39.3. The number of hydrogen-bond acceptors (Lipinski definition) is 7. The Morgan fingerprint density at radius 2 is 1.71 bits per heavy atom. The summed E-state index contributed by atoms with van der Waals surface area (Å²) in [5.41, 5.74) is 0.0685. The Kier molecular flexibility index (Phi) is 6.32. The first-order valence-corrected chi connectivity index (χ1v) is 13.1. The molecule has 34 heavy (non-hydrogen) atoms. The molecule has 0 unspecified atom stereocenters. The van der Waals surface area contributed by atoms with Crippen molar-refractivity contribution in [2.45, 2.75) is 38.2 Å². The predicted octanol–water partition coefficient (Wildman–Crippen LogP) is 3.33. The number of carbonyl (C=O) groups is 3. The Hall–Kier alpha value is -3.08. The summed E-state index contributed by atoms with van der Waals surface area (Å²) in [6.07, 6.45) is 0. The van der Waals surface area contributed by atoms with E-state index in [1.165, 1.54) is 12.1 Å². The smallest absolute Gasteiger partial charge is 0.326 e. The van der Waals surface area contributed by atoms with Gasteiger partial charge < -0.3 is 4.74 Å². The van der Waals surface area contributed by atoms with E-state index in [2.05, 4.69) is 4.72 Å². The normalized spacial score (nSPS) is 15.0. The number of imide groups is 1. The summed E-state index contributed by atoms with van der Waals surface area (Å²) in [6, 6.07) is 12.1. The molecule has 0 aliphatic carbocycles. The van der Waals surface area contributed by atoms with E-state index >= 15 is 0 Å². The van der Waals surface area contributed by atoms with Crippen LogP contribution in [0.4, 0.5) is 0 Å². The summed E-state index contributed by atoms with van der Waals surface area (Å²) in [7, 11) is -4.03. The molecule has 0 saturated carbocycles. The number of hydrogen-bond donors (Lipinski definition) is 1. The van der Waals surface area contributed by atoms with E-state index in [1.54, 1.807) is 56.4 Å². The van der Waals surface area contributed by atoms with E-state index in [0.717, 1.165) is 15.0 Å². The van der Waals surface area contributed by atoms with Gasteiger partial charge in [-0.15, -0.1) is 11.3 Å². The molecule has 0 saturated heterocycles. The van der Waals surface area contributed by atoms with Gasteiger partial charge in [-0.1, -0.05) is 18.2 Å². The standard InChI is InChI=1S/C24H24N2O6S2/c1-24(2,3)32-23(29)19(13-26-21(27)17-6-4-5-7-18(17)22(26)28)25-34(30,31)14-15-8-9-20-16(12-15)10-11-33-20/h4-12,19,25H,13-14H2,1-3H3/t19-/m1/s1. The van der Waals surface area contributed by atoms with E-state index in [9.17, 15) is 22.8 Å². The highest BCUT2D eigenvalue weighted by Crippen LogP contribution is 2.24. The van der Waals surface area contributed by atoms with E-state index in [-0.39, 0.29) is 16.9 Å². The van der Waals surface area contributed by atoms with Gasteiger partial charge in [-0.3, -0.25) is 19.3 Å². The second kappa shape index (κ2) is 8.94. The minimum Gasteiger partial charge on any atom is -0.459 e. The zero-order valence-corrected chi connectivity index (χ0v) is 20.5. The highest BCUT2D eigenvalue weighted by atomic mass is 32.2. The zero-order chi connectivity index (χ0) is 24.7. The molecule has 8 nitrogen and oxygen atoms in total. The number of fused-ring (bicyclic) bond motifs is 2. The van der Waals surface area contributed by atoms with Crippen LogP contribution >= 0.6 is 11.3 Å². The van der Waals surface area contributed by atoms with Crippen LogP contribution < -0.4 is 4.72 Å². The van der Waals surface area contributed by atoms with E-state index in [0.29, 0.717) is 5.56 Å². The van der Waals surface area contributed by atoms with Crippen LogP contribution in [-0.4, -0.2) is 49.3 Å². The number of nitrogens with one attached hydrogen (secondary N) is 1. The second-order valence-corrected chi connectivity index (χ2v) is 11.7. The molecule has 0 bridgehead atoms. The van der Waals surface area contributed by atoms with Gasteiger partial charge in [0.05, 0.1) is 23.4 Å². The van der Waals surface area contributed by atoms with Crippen molar-refractivity contribution in [3.8, 4) is 0 Å². The van der Waals surface area contributed by atoms with E-state index < -0.39 is 46.0 Å². The van der Waals surface area contributed by atoms with Crippen molar-refractivity contribution >= 4 is 49.2 Å². The Bertz CT molecular complexity index is 1350. The molecular weight excluding hydrogens is 476 g/mol. The fourth-order valence-electron chi connectivity index (χ4n) is 3.70. The first-order valence-electron chi connectivity index (χ1n) is 10.6. The summed E-state index contributed by atoms with van der Waals surface area (Å²) < 4.78 is 34.8. The minimum absolute atomic E-state index is 0.211. The van der Waals surface area contributed by atoms with Crippen LogP contribution in [0.25, 0.3) is 10.1 Å². The first-order chi connectivity index (χ1) is 15.9. The summed E-state index contributed by atoms with van der Waals surface area (Å²) in [5.74, 6) is -2.42. The summed E-state index contributed by atoms with van der Waals surface area (Å²) in [5, 5.41) is 2.84. The lowest BCUT2D eigenvalue weighted by molar-refractivity contribution is -0.157. The first kappa shape index (κ1) is 24.1. The van der Waals surface area contributed by atoms with Crippen molar-refractivity contribution in [3.05, 3.63) is 70.6 Å². The number of amides is 2. The lowest BCUT2D eigenvalue weighted by Gasteiger charge is -2.26. The van der Waals surface area contributed by atoms with Crippen LogP contribution in [0.5, 0.6) is 0 Å². The Morgan fingerprint density at radius 3 is 2.32 bits per heavy atom. The molecule has 1 atom stereocenters. The number of sulfonamides is 1. The Balaban J connectivity index is 1.57. The SMILES string of the molecule is CC(C)(C)OC(=O)[C@@H](CN1C(=O)c2ccccc2C1=O)NS(=O)(=O)Cc1ccc2sccc2c1. The van der Waals surface area contributed by atoms with Crippen molar-refractivity contribution in [2.75, 3.05) is 6.54 Å². The van der Waals surface area contributed by atoms with Crippen LogP contribution in [0.15, 0.2) is 53.9 Å². The van der Waals surface area contributed by atoms with Crippen LogP contribution in [0, 0.1) is 0 Å². The number of esters is 1. The van der Waals surface area contributed by atoms with Crippen molar-refractivity contribution in [1.29, 1.82) is 0 Å². The van der Waals surface area contributed by atoms with Gasteiger partial charge in [-0.25, -0.2) is 8.42 Å². The molecule has 1 aliphatic rings. The molecule has 2 aromatic carbocycles. The van der Waals surface area contributed by atoms with Gasteiger partial charge >= 0.3 is 5.97 Å². The predicted molar refractivity (Wildman–Crippen MR) is 129 cm³/mol. The molecule has 2 heterocycles. The highest BCUT2D eigenvalue weighted by Gasteiger charge is 2.40. The molecule has 10 heteroatoms. The van der Waals surface area contributed by atoms with Gasteiger partial charge in [-0.05, 0) is 67.4 Å². The van der Waals surface area contributed by atoms with Crippen LogP contribution in [0.3, 0.4) is 0 Å². The monoisotopic (exact) mass is 500 g/mol. The van der Waals surface area contributed by atoms with Crippen molar-refractivity contribution < 1.29 is 27.5 Å². The topological polar surface area (TPSA) is 110 Å². The molecular formula is C24H24N2O6S2. The zero-order valence-electron chi connectivity index (χ0n) is 18.9. The molecule has 0 radical (unpaired) electrons. The Labute approximate surface area is 201 Å². The number of thiophene rings is 1. The molecule has 1 aromatic heterocycles. The van der Waals surface area contributed by atoms with E-state index in [1.807, 2.05) is 17.5 Å². The van der Waals surface area contributed by atoms with Crippen molar-refractivity contribution in [1.82, 2.24) is 9.62 Å². The minimum atomic E-state index is -4.03. The third kappa shape index (κ3) is 5.19. The van der Waals surface area contributed by atoms with Crippen LogP contribution in [0.1, 0.15) is 47.1 Å². The summed E-state index contributed by atoms with van der Waals surface area (Å²) in [6.45, 7) is 4.46. The fourth-order valence-corrected chi connectivity index (χ4v) is 5.78. The lowest BCUT2D eigenvalue weighted by atomic mass is 10.1. The van der Waals surface area contributed by atoms with Gasteiger partial charge in [0.15, 0.2) is 0 Å². The third-order valence-corrected chi connectivity index (χ3v) is 7.38. The van der Waals surface area contributed by atoms with Gasteiger partial charge in [0.1, 0.15) is 11.6 Å². The molecule has 0 spiro atoms. The average molecular weight is 501 g/mol. The number of benzene rings is 2. The third-order valence-electron chi connectivity index (χ3n) is 5.13. The van der Waals surface area contributed by atoms with Crippen LogP contribution in [0.2, 0.25) is 0 Å². The molecule has 4 rings (SSSR count). The quantitative estimate of drug-likeness (QED) is 0.394. The summed E-state index contributed by atoms with van der Waals surface area (Å²) >= 11 is 1.55. The number of nitrogens with zero attached hydrogens (tertiary/aromatic N) is 1.